The molecule has 0 amide bonds. The van der Waals surface area contributed by atoms with E-state index >= 15 is 0 Å². The van der Waals surface area contributed by atoms with Crippen molar-refractivity contribution < 1.29 is 16.8 Å². The molecule has 11 heteroatoms. The summed E-state index contributed by atoms with van der Waals surface area (Å²) in [4.78, 5) is 0. The van der Waals surface area contributed by atoms with Gasteiger partial charge in [-0.05, 0) is 10.6 Å². The molecule has 12 radical (unpaired) electrons. The first-order valence-corrected chi connectivity index (χ1v) is 4.14. The molecule has 0 aliphatic heterocycles. The lowest BCUT2D eigenvalue weighted by Crippen LogP contribution is -2.42. The van der Waals surface area contributed by atoms with Gasteiger partial charge in [0, 0.05) is 0 Å². The zero-order valence-electron chi connectivity index (χ0n) is 6.51. The molecule has 0 saturated heterocycles. The third-order valence-electron chi connectivity index (χ3n) is 0.493. The van der Waals surface area contributed by atoms with Crippen LogP contribution in [0.1, 0.15) is 0 Å². The molecule has 0 heterocycles. The van der Waals surface area contributed by atoms with Gasteiger partial charge in [0.15, 0.2) is 0 Å². The average Bonchev–Trinajstić information content (AvgIpc) is 1.43. The highest BCUT2D eigenvalue weighted by Gasteiger charge is 2.26. The molecular formula is C2B6O4S. The van der Waals surface area contributed by atoms with Crippen molar-refractivity contribution in [2.24, 2.45) is 0 Å². The Morgan fingerprint density at radius 1 is 0.769 bits per heavy atom. The molecule has 0 fully saturated rings. The average molecular weight is 185 g/mol. The molecule has 0 aromatic heterocycles. The Balaban J connectivity index is 4.46. The maximum atomic E-state index is 10.7. The van der Waals surface area contributed by atoms with Crippen molar-refractivity contribution in [3.63, 3.8) is 0 Å². The Morgan fingerprint density at radius 3 is 1.15 bits per heavy atom. The molecule has 0 bridgehead atoms. The molecule has 13 heavy (non-hydrogen) atoms. The minimum absolute atomic E-state index is 2.43. The van der Waals surface area contributed by atoms with E-state index in [9.17, 15) is 8.42 Å². The quantitative estimate of drug-likeness (QED) is 0.426. The maximum Gasteiger partial charge on any atom is 0.396 e. The van der Waals surface area contributed by atoms with Gasteiger partial charge >= 0.3 is 10.4 Å². The minimum Gasteiger partial charge on any atom is -0.270 e. The van der Waals surface area contributed by atoms with E-state index < -0.39 is 21.0 Å². The van der Waals surface area contributed by atoms with Gasteiger partial charge in [0.2, 0.25) is 0 Å². The summed E-state index contributed by atoms with van der Waals surface area (Å²) in [6, 6.07) is 0. The van der Waals surface area contributed by atoms with Crippen molar-refractivity contribution >= 4 is 57.5 Å². The predicted molar refractivity (Wildman–Crippen MR) is 51.1 cm³/mol. The molecule has 0 spiro atoms. The van der Waals surface area contributed by atoms with E-state index in [0.29, 0.717) is 0 Å². The van der Waals surface area contributed by atoms with Crippen molar-refractivity contribution in [1.29, 1.82) is 0 Å². The van der Waals surface area contributed by atoms with Crippen molar-refractivity contribution in [2.75, 3.05) is 0 Å². The van der Waals surface area contributed by atoms with E-state index in [-0.39, 0.29) is 0 Å². The number of hydrogen-bond donors (Lipinski definition) is 0. The van der Waals surface area contributed by atoms with Crippen LogP contribution >= 0.6 is 0 Å². The summed E-state index contributed by atoms with van der Waals surface area (Å²) in [6.45, 7) is 0. The lowest BCUT2D eigenvalue weighted by molar-refractivity contribution is 0.211. The van der Waals surface area contributed by atoms with E-state index in [1.807, 2.05) is 0 Å². The van der Waals surface area contributed by atoms with Crippen molar-refractivity contribution in [2.45, 2.75) is 10.6 Å². The van der Waals surface area contributed by atoms with Crippen molar-refractivity contribution in [3.05, 3.63) is 0 Å². The fraction of sp³-hybridized carbons (Fsp3) is 1.00. The first kappa shape index (κ1) is 13.3. The van der Waals surface area contributed by atoms with Crippen LogP contribution < -0.4 is 0 Å². The molecule has 0 unspecified atom stereocenters. The topological polar surface area (TPSA) is 52.6 Å². The Hall–Kier alpha value is 0.260. The third-order valence-corrected chi connectivity index (χ3v) is 1.48. The molecular weight excluding hydrogens is 185 g/mol. The first-order chi connectivity index (χ1) is 5.41. The largest absolute Gasteiger partial charge is 0.396 e. The van der Waals surface area contributed by atoms with Crippen LogP contribution in [0.25, 0.3) is 0 Å². The number of rotatable bonds is 4. The van der Waals surface area contributed by atoms with E-state index in [0.717, 1.165) is 0 Å². The molecule has 0 N–H and O–H groups in total. The minimum atomic E-state index is -4.65. The van der Waals surface area contributed by atoms with Gasteiger partial charge in [0.25, 0.3) is 0 Å². The van der Waals surface area contributed by atoms with E-state index in [4.69, 9.17) is 47.1 Å². The van der Waals surface area contributed by atoms with Gasteiger partial charge in [-0.25, -0.2) is 0 Å². The summed E-state index contributed by atoms with van der Waals surface area (Å²) < 4.78 is 29.2. The van der Waals surface area contributed by atoms with E-state index in [2.05, 4.69) is 8.37 Å². The predicted octanol–water partition coefficient (Wildman–Crippen LogP) is -3.50. The summed E-state index contributed by atoms with van der Waals surface area (Å²) >= 11 is 0. The first-order valence-electron chi connectivity index (χ1n) is 2.81. The second-order valence-corrected chi connectivity index (χ2v) is 3.43. The molecule has 0 saturated carbocycles. The zero-order valence-corrected chi connectivity index (χ0v) is 7.32. The Bertz CT molecular complexity index is 237. The monoisotopic (exact) mass is 186 g/mol. The van der Waals surface area contributed by atoms with E-state index in [1.165, 1.54) is 0 Å². The lowest BCUT2D eigenvalue weighted by Gasteiger charge is -2.25. The van der Waals surface area contributed by atoms with Crippen LogP contribution in [0.5, 0.6) is 0 Å². The van der Waals surface area contributed by atoms with Crippen molar-refractivity contribution in [1.82, 2.24) is 0 Å². The Labute approximate surface area is 85.3 Å². The normalized spacial score (nSPS) is 14.2. The highest BCUT2D eigenvalue weighted by molar-refractivity contribution is 7.82. The highest BCUT2D eigenvalue weighted by Crippen LogP contribution is 2.08. The van der Waals surface area contributed by atoms with Gasteiger partial charge in [-0.2, -0.15) is 8.42 Å². The molecule has 0 rings (SSSR count). The summed E-state index contributed by atoms with van der Waals surface area (Å²) in [5.74, 6) is 0. The second-order valence-electron chi connectivity index (χ2n) is 2.28. The summed E-state index contributed by atoms with van der Waals surface area (Å²) in [7, 11) is 24.1. The Morgan fingerprint density at radius 2 is 1.00 bits per heavy atom. The van der Waals surface area contributed by atoms with Crippen LogP contribution in [-0.4, -0.2) is 66.1 Å². The second kappa shape index (κ2) is 3.79. The molecule has 0 aliphatic rings. The van der Waals surface area contributed by atoms with Crippen LogP contribution in [0.4, 0.5) is 0 Å². The van der Waals surface area contributed by atoms with Gasteiger partial charge in [-0.3, -0.25) is 8.37 Å². The van der Waals surface area contributed by atoms with Crippen LogP contribution in [-0.2, 0) is 18.8 Å². The summed E-state index contributed by atoms with van der Waals surface area (Å²) in [5.41, 5.74) is 0. The van der Waals surface area contributed by atoms with Crippen LogP contribution in [0.15, 0.2) is 0 Å². The smallest absolute Gasteiger partial charge is 0.270 e. The van der Waals surface area contributed by atoms with Gasteiger partial charge < -0.3 is 0 Å². The van der Waals surface area contributed by atoms with Gasteiger partial charge in [0.1, 0.15) is 0 Å². The zero-order chi connectivity index (χ0) is 10.9. The van der Waals surface area contributed by atoms with Crippen LogP contribution in [0.3, 0.4) is 0 Å². The molecule has 0 aromatic carbocycles. The van der Waals surface area contributed by atoms with Crippen LogP contribution in [0, 0.1) is 0 Å². The van der Waals surface area contributed by atoms with Gasteiger partial charge in [-0.15, -0.1) is 0 Å². The van der Waals surface area contributed by atoms with E-state index in [1.54, 1.807) is 0 Å². The SMILES string of the molecule is [B]C([B])([B])OS(=O)(=O)OC([B])([B])[B]. The fourth-order valence-corrected chi connectivity index (χ4v) is 1.11. The summed E-state index contributed by atoms with van der Waals surface area (Å²) in [5, 5.41) is -4.85. The fourth-order valence-electron chi connectivity index (χ4n) is 0.371. The summed E-state index contributed by atoms with van der Waals surface area (Å²) in [6.07, 6.45) is 0. The molecule has 0 aliphatic carbocycles. The molecule has 4 nitrogen and oxygen atoms in total. The van der Waals surface area contributed by atoms with Crippen LogP contribution in [0.2, 0.25) is 0 Å². The third kappa shape index (κ3) is 8.59. The lowest BCUT2D eigenvalue weighted by atomic mass is 9.53. The maximum absolute atomic E-state index is 10.7. The standard InChI is InChI=1S/C2B6O4S/c3-1(4,5)11-13(9,10)12-2(6,7)8. The number of hydrogen-bond acceptors (Lipinski definition) is 4. The molecule has 0 aromatic rings. The Kier molecular flexibility index (Phi) is 3.86. The highest BCUT2D eigenvalue weighted by atomic mass is 32.3. The van der Waals surface area contributed by atoms with Gasteiger partial charge in [0.05, 0.1) is 47.1 Å². The molecule has 0 atom stereocenters. The van der Waals surface area contributed by atoms with Gasteiger partial charge in [-0.1, -0.05) is 0 Å². The molecule has 56 valence electrons. The van der Waals surface area contributed by atoms with Crippen molar-refractivity contribution in [3.8, 4) is 0 Å².